The molecule has 1 aliphatic carbocycles. The van der Waals surface area contributed by atoms with Gasteiger partial charge in [0.15, 0.2) is 0 Å². The van der Waals surface area contributed by atoms with E-state index < -0.39 is 5.97 Å². The molecule has 0 aromatic rings. The molecule has 0 aromatic carbocycles. The van der Waals surface area contributed by atoms with Crippen molar-refractivity contribution in [3.8, 4) is 0 Å². The van der Waals surface area contributed by atoms with E-state index in [0.717, 1.165) is 25.7 Å². The van der Waals surface area contributed by atoms with Crippen LogP contribution in [0.25, 0.3) is 0 Å². The maximum atomic E-state index is 12.1. The molecule has 0 aromatic heterocycles. The highest BCUT2D eigenvalue weighted by Crippen LogP contribution is 2.44. The van der Waals surface area contributed by atoms with Gasteiger partial charge in [0, 0.05) is 26.0 Å². The van der Waals surface area contributed by atoms with Crippen LogP contribution in [0.1, 0.15) is 25.7 Å². The first-order chi connectivity index (χ1) is 8.60. The highest BCUT2D eigenvalue weighted by atomic mass is 32.2. The van der Waals surface area contributed by atoms with Gasteiger partial charge in [0.05, 0.1) is 11.2 Å². The molecule has 0 radical (unpaired) electrons. The molecule has 0 spiro atoms. The number of nitrogens with one attached hydrogen (secondary N) is 1. The van der Waals surface area contributed by atoms with E-state index >= 15 is 0 Å². The molecule has 1 rings (SSSR count). The molecule has 1 fully saturated rings. The van der Waals surface area contributed by atoms with E-state index in [1.54, 1.807) is 7.11 Å². The number of methoxy groups -OCH3 is 1. The standard InChI is InChI=1S/C12H21NO4S/c1-17-7-5-12(3-2-4-12)11(16)13-6-8-18-9-10(14)15/h2-9H2,1H3,(H,13,16)(H,14,15). The van der Waals surface area contributed by atoms with Gasteiger partial charge in [-0.1, -0.05) is 6.42 Å². The molecule has 0 unspecified atom stereocenters. The molecule has 0 saturated heterocycles. The first-order valence-electron chi connectivity index (χ1n) is 6.17. The molecular formula is C12H21NO4S. The minimum absolute atomic E-state index is 0.0880. The molecule has 18 heavy (non-hydrogen) atoms. The molecule has 6 heteroatoms. The van der Waals surface area contributed by atoms with Crippen molar-refractivity contribution < 1.29 is 19.4 Å². The van der Waals surface area contributed by atoms with Crippen LogP contribution < -0.4 is 5.32 Å². The SMILES string of the molecule is COCCC1(C(=O)NCCSCC(=O)O)CCC1. The fourth-order valence-electron chi connectivity index (χ4n) is 2.08. The second-order valence-corrected chi connectivity index (χ2v) is 5.68. The molecule has 104 valence electrons. The smallest absolute Gasteiger partial charge is 0.313 e. The van der Waals surface area contributed by atoms with Gasteiger partial charge in [-0.15, -0.1) is 11.8 Å². The average Bonchev–Trinajstić information content (AvgIpc) is 2.27. The van der Waals surface area contributed by atoms with Crippen molar-refractivity contribution in [2.75, 3.05) is 31.8 Å². The summed E-state index contributed by atoms with van der Waals surface area (Å²) in [5.74, 6) is 0.00640. The van der Waals surface area contributed by atoms with E-state index in [1.807, 2.05) is 0 Å². The predicted molar refractivity (Wildman–Crippen MR) is 70.7 cm³/mol. The Hall–Kier alpha value is -0.750. The monoisotopic (exact) mass is 275 g/mol. The fourth-order valence-corrected chi connectivity index (χ4v) is 2.64. The molecule has 0 atom stereocenters. The summed E-state index contributed by atoms with van der Waals surface area (Å²) in [4.78, 5) is 22.4. The van der Waals surface area contributed by atoms with Gasteiger partial charge >= 0.3 is 5.97 Å². The molecule has 0 aliphatic heterocycles. The Morgan fingerprint density at radius 1 is 1.44 bits per heavy atom. The molecule has 0 heterocycles. The number of hydrogen-bond donors (Lipinski definition) is 2. The summed E-state index contributed by atoms with van der Waals surface area (Å²) in [6.07, 6.45) is 3.75. The molecule has 0 bridgehead atoms. The lowest BCUT2D eigenvalue weighted by Gasteiger charge is -2.40. The summed E-state index contributed by atoms with van der Waals surface area (Å²) >= 11 is 1.32. The van der Waals surface area contributed by atoms with Crippen LogP contribution in [0.4, 0.5) is 0 Å². The van der Waals surface area contributed by atoms with Crippen LogP contribution in [0.2, 0.25) is 0 Å². The Bertz CT molecular complexity index is 292. The molecule has 1 amide bonds. The van der Waals surface area contributed by atoms with Crippen LogP contribution in [0.15, 0.2) is 0 Å². The summed E-state index contributed by atoms with van der Waals surface area (Å²) in [5.41, 5.74) is -0.229. The third-order valence-electron chi connectivity index (χ3n) is 3.33. The van der Waals surface area contributed by atoms with Crippen molar-refractivity contribution in [2.24, 2.45) is 5.41 Å². The van der Waals surface area contributed by atoms with Crippen LogP contribution in [0.3, 0.4) is 0 Å². The second-order valence-electron chi connectivity index (χ2n) is 4.58. The average molecular weight is 275 g/mol. The number of thioether (sulfide) groups is 1. The van der Waals surface area contributed by atoms with Crippen molar-refractivity contribution >= 4 is 23.6 Å². The Balaban J connectivity index is 2.20. The zero-order valence-electron chi connectivity index (χ0n) is 10.7. The highest BCUT2D eigenvalue weighted by Gasteiger charge is 2.43. The number of carbonyl (C=O) groups excluding carboxylic acids is 1. The van der Waals surface area contributed by atoms with Crippen molar-refractivity contribution in [1.82, 2.24) is 5.32 Å². The Kier molecular flexibility index (Phi) is 6.49. The van der Waals surface area contributed by atoms with Crippen LogP contribution in [0, 0.1) is 5.41 Å². The van der Waals surface area contributed by atoms with Gasteiger partial charge in [-0.05, 0) is 19.3 Å². The number of ether oxygens (including phenoxy) is 1. The summed E-state index contributed by atoms with van der Waals surface area (Å²) in [6, 6.07) is 0. The van der Waals surface area contributed by atoms with E-state index in [2.05, 4.69) is 5.32 Å². The minimum Gasteiger partial charge on any atom is -0.481 e. The summed E-state index contributed by atoms with van der Waals surface area (Å²) < 4.78 is 5.04. The van der Waals surface area contributed by atoms with Crippen LogP contribution in [0.5, 0.6) is 0 Å². The minimum atomic E-state index is -0.818. The number of amides is 1. The first-order valence-corrected chi connectivity index (χ1v) is 7.33. The zero-order valence-corrected chi connectivity index (χ0v) is 11.6. The Morgan fingerprint density at radius 3 is 2.67 bits per heavy atom. The topological polar surface area (TPSA) is 75.6 Å². The van der Waals surface area contributed by atoms with Crippen molar-refractivity contribution in [1.29, 1.82) is 0 Å². The molecule has 2 N–H and O–H groups in total. The van der Waals surface area contributed by atoms with Gasteiger partial charge in [0.1, 0.15) is 0 Å². The molecular weight excluding hydrogens is 254 g/mol. The van der Waals surface area contributed by atoms with Crippen LogP contribution in [-0.2, 0) is 14.3 Å². The number of hydrogen-bond acceptors (Lipinski definition) is 4. The maximum Gasteiger partial charge on any atom is 0.313 e. The molecule has 5 nitrogen and oxygen atoms in total. The zero-order chi connectivity index (χ0) is 13.4. The Labute approximate surface area is 112 Å². The van der Waals surface area contributed by atoms with Gasteiger partial charge in [-0.3, -0.25) is 9.59 Å². The van der Waals surface area contributed by atoms with Gasteiger partial charge < -0.3 is 15.2 Å². The third-order valence-corrected chi connectivity index (χ3v) is 4.28. The van der Waals surface area contributed by atoms with Crippen molar-refractivity contribution in [3.63, 3.8) is 0 Å². The van der Waals surface area contributed by atoms with Crippen LogP contribution >= 0.6 is 11.8 Å². The number of carboxylic acids is 1. The number of rotatable bonds is 9. The lowest BCUT2D eigenvalue weighted by atomic mass is 9.66. The first kappa shape index (κ1) is 15.3. The molecule has 1 saturated carbocycles. The van der Waals surface area contributed by atoms with Gasteiger partial charge in [0.25, 0.3) is 0 Å². The summed E-state index contributed by atoms with van der Waals surface area (Å²) in [6.45, 7) is 1.15. The third kappa shape index (κ3) is 4.49. The fraction of sp³-hybridized carbons (Fsp3) is 0.833. The van der Waals surface area contributed by atoms with Crippen molar-refractivity contribution in [3.05, 3.63) is 0 Å². The predicted octanol–water partition coefficient (Wildman–Crippen LogP) is 1.13. The number of carbonyl (C=O) groups is 2. The second kappa shape index (κ2) is 7.63. The van der Waals surface area contributed by atoms with Crippen LogP contribution in [-0.4, -0.2) is 48.8 Å². The van der Waals surface area contributed by atoms with E-state index in [9.17, 15) is 9.59 Å². The molecule has 1 aliphatic rings. The van der Waals surface area contributed by atoms with Gasteiger partial charge in [-0.25, -0.2) is 0 Å². The summed E-state index contributed by atoms with van der Waals surface area (Å²) in [7, 11) is 1.65. The van der Waals surface area contributed by atoms with Crippen molar-refractivity contribution in [2.45, 2.75) is 25.7 Å². The van der Waals surface area contributed by atoms with E-state index in [0.29, 0.717) is 18.9 Å². The van der Waals surface area contributed by atoms with E-state index in [4.69, 9.17) is 9.84 Å². The maximum absolute atomic E-state index is 12.1. The lowest BCUT2D eigenvalue weighted by molar-refractivity contribution is -0.137. The van der Waals surface area contributed by atoms with Gasteiger partial charge in [0.2, 0.25) is 5.91 Å². The quantitative estimate of drug-likeness (QED) is 0.617. The summed E-state index contributed by atoms with van der Waals surface area (Å²) in [5, 5.41) is 11.4. The normalized spacial score (nSPS) is 16.9. The highest BCUT2D eigenvalue weighted by molar-refractivity contribution is 7.99. The largest absolute Gasteiger partial charge is 0.481 e. The number of carboxylic acid groups (broad SMARTS) is 1. The van der Waals surface area contributed by atoms with E-state index in [1.165, 1.54) is 11.8 Å². The van der Waals surface area contributed by atoms with E-state index in [-0.39, 0.29) is 17.1 Å². The number of aliphatic carboxylic acids is 1. The lowest BCUT2D eigenvalue weighted by Crippen LogP contribution is -2.46. The Morgan fingerprint density at radius 2 is 2.17 bits per heavy atom. The van der Waals surface area contributed by atoms with Gasteiger partial charge in [-0.2, -0.15) is 0 Å².